The summed E-state index contributed by atoms with van der Waals surface area (Å²) in [5, 5.41) is 13.9. The number of nitrogens with one attached hydrogen (secondary N) is 1. The van der Waals surface area contributed by atoms with E-state index >= 15 is 0 Å². The highest BCUT2D eigenvalue weighted by Crippen LogP contribution is 2.34. The molecule has 3 rings (SSSR count). The highest BCUT2D eigenvalue weighted by atomic mass is 32.2. The lowest BCUT2D eigenvalue weighted by Gasteiger charge is -2.30. The minimum Gasteiger partial charge on any atom is -0.323 e. The van der Waals surface area contributed by atoms with Gasteiger partial charge in [-0.05, 0) is 36.8 Å². The van der Waals surface area contributed by atoms with E-state index in [4.69, 9.17) is 0 Å². The van der Waals surface area contributed by atoms with E-state index in [1.54, 1.807) is 30.8 Å². The Balaban J connectivity index is 1.86. The van der Waals surface area contributed by atoms with Crippen molar-refractivity contribution >= 4 is 29.4 Å². The van der Waals surface area contributed by atoms with Crippen LogP contribution in [0.25, 0.3) is 0 Å². The molecular weight excluding hydrogens is 318 g/mol. The number of amides is 3. The van der Waals surface area contributed by atoms with Crippen LogP contribution < -0.4 is 5.32 Å². The molecule has 2 heterocycles. The van der Waals surface area contributed by atoms with Crippen molar-refractivity contribution in [2.45, 2.75) is 31.8 Å². The van der Waals surface area contributed by atoms with Crippen molar-refractivity contribution in [3.05, 3.63) is 39.4 Å². The molecule has 0 unspecified atom stereocenters. The Labute approximate surface area is 137 Å². The van der Waals surface area contributed by atoms with Crippen molar-refractivity contribution in [3.63, 3.8) is 0 Å². The highest BCUT2D eigenvalue weighted by Gasteiger charge is 2.51. The number of carbonyl (C=O) groups excluding carboxylic acids is 2. The fourth-order valence-electron chi connectivity index (χ4n) is 3.09. The molecule has 0 saturated carbocycles. The largest absolute Gasteiger partial charge is 0.325 e. The van der Waals surface area contributed by atoms with Gasteiger partial charge < -0.3 is 5.32 Å². The quantitative estimate of drug-likeness (QED) is 0.519. The van der Waals surface area contributed by atoms with E-state index in [-0.39, 0.29) is 18.1 Å². The van der Waals surface area contributed by atoms with Crippen LogP contribution in [0, 0.1) is 17.0 Å². The van der Waals surface area contributed by atoms with Gasteiger partial charge in [0.25, 0.3) is 11.6 Å². The van der Waals surface area contributed by atoms with Gasteiger partial charge in [-0.1, -0.05) is 12.1 Å². The second-order valence-corrected chi connectivity index (χ2v) is 7.06. The number of rotatable bonds is 3. The molecule has 2 saturated heterocycles. The Morgan fingerprint density at radius 2 is 2.04 bits per heavy atom. The predicted octanol–water partition coefficient (Wildman–Crippen LogP) is 2.22. The molecular formula is C15H17N3O4S. The van der Waals surface area contributed by atoms with Crippen molar-refractivity contribution < 1.29 is 14.5 Å². The second-order valence-electron chi connectivity index (χ2n) is 5.83. The normalized spacial score (nSPS) is 20.0. The first-order chi connectivity index (χ1) is 10.9. The minimum atomic E-state index is -0.781. The van der Waals surface area contributed by atoms with Crippen molar-refractivity contribution in [1.29, 1.82) is 0 Å². The van der Waals surface area contributed by atoms with E-state index < -0.39 is 16.5 Å². The van der Waals surface area contributed by atoms with Crippen LogP contribution in [0.3, 0.4) is 0 Å². The first kappa shape index (κ1) is 15.8. The summed E-state index contributed by atoms with van der Waals surface area (Å²) in [7, 11) is 0. The van der Waals surface area contributed by atoms with E-state index in [0.717, 1.165) is 11.5 Å². The van der Waals surface area contributed by atoms with E-state index in [2.05, 4.69) is 5.32 Å². The van der Waals surface area contributed by atoms with Gasteiger partial charge in [-0.3, -0.25) is 19.8 Å². The molecule has 0 aromatic heterocycles. The number of thioether (sulfide) groups is 1. The molecule has 1 aromatic carbocycles. The van der Waals surface area contributed by atoms with Gasteiger partial charge in [0.15, 0.2) is 0 Å². The SMILES string of the molecule is Cc1c(CN2C(=O)NC3(CCSCC3)C2=O)cccc1[N+](=O)[O-]. The molecule has 122 valence electrons. The molecule has 3 amide bonds. The van der Waals surface area contributed by atoms with Crippen molar-refractivity contribution in [2.75, 3.05) is 11.5 Å². The molecule has 2 aliphatic heterocycles. The van der Waals surface area contributed by atoms with Crippen molar-refractivity contribution in [2.24, 2.45) is 0 Å². The molecule has 1 spiro atoms. The Morgan fingerprint density at radius 1 is 1.35 bits per heavy atom. The van der Waals surface area contributed by atoms with Gasteiger partial charge in [-0.25, -0.2) is 4.79 Å². The predicted molar refractivity (Wildman–Crippen MR) is 86.2 cm³/mol. The maximum Gasteiger partial charge on any atom is 0.325 e. The second kappa shape index (κ2) is 5.84. The Bertz CT molecular complexity index is 685. The zero-order chi connectivity index (χ0) is 16.6. The van der Waals surface area contributed by atoms with Gasteiger partial charge in [0.05, 0.1) is 11.5 Å². The van der Waals surface area contributed by atoms with E-state index in [9.17, 15) is 19.7 Å². The first-order valence-corrected chi connectivity index (χ1v) is 8.55. The fourth-order valence-corrected chi connectivity index (χ4v) is 4.28. The summed E-state index contributed by atoms with van der Waals surface area (Å²) in [5.74, 6) is 1.47. The zero-order valence-electron chi connectivity index (χ0n) is 12.7. The van der Waals surface area contributed by atoms with E-state index in [0.29, 0.717) is 24.0 Å². The molecule has 0 radical (unpaired) electrons. The van der Waals surface area contributed by atoms with Gasteiger partial charge in [0.1, 0.15) is 5.54 Å². The van der Waals surface area contributed by atoms with Crippen LogP contribution in [-0.4, -0.2) is 38.8 Å². The number of imide groups is 1. The summed E-state index contributed by atoms with van der Waals surface area (Å²) in [6, 6.07) is 4.30. The third kappa shape index (κ3) is 2.67. The summed E-state index contributed by atoms with van der Waals surface area (Å²) in [4.78, 5) is 36.7. The van der Waals surface area contributed by atoms with Crippen LogP contribution in [0.15, 0.2) is 18.2 Å². The summed E-state index contributed by atoms with van der Waals surface area (Å²) in [6.07, 6.45) is 1.26. The number of hydrogen-bond acceptors (Lipinski definition) is 5. The molecule has 23 heavy (non-hydrogen) atoms. The van der Waals surface area contributed by atoms with Crippen LogP contribution in [0.2, 0.25) is 0 Å². The Morgan fingerprint density at radius 3 is 2.70 bits per heavy atom. The summed E-state index contributed by atoms with van der Waals surface area (Å²) in [5.41, 5.74) is 0.318. The molecule has 0 atom stereocenters. The molecule has 7 nitrogen and oxygen atoms in total. The van der Waals surface area contributed by atoms with E-state index in [1.807, 2.05) is 0 Å². The number of hydrogen-bond donors (Lipinski definition) is 1. The number of nitro groups is 1. The van der Waals surface area contributed by atoms with Crippen molar-refractivity contribution in [3.8, 4) is 0 Å². The lowest BCUT2D eigenvalue weighted by Crippen LogP contribution is -2.49. The molecule has 0 aliphatic carbocycles. The Hall–Kier alpha value is -2.09. The van der Waals surface area contributed by atoms with Crippen LogP contribution in [0.5, 0.6) is 0 Å². The van der Waals surface area contributed by atoms with Gasteiger partial charge >= 0.3 is 6.03 Å². The molecule has 2 fully saturated rings. The van der Waals surface area contributed by atoms with Crippen LogP contribution in [0.4, 0.5) is 10.5 Å². The fraction of sp³-hybridized carbons (Fsp3) is 0.467. The molecule has 8 heteroatoms. The van der Waals surface area contributed by atoms with Gasteiger partial charge in [0.2, 0.25) is 0 Å². The maximum atomic E-state index is 12.7. The third-order valence-corrected chi connectivity index (χ3v) is 5.52. The smallest absolute Gasteiger partial charge is 0.323 e. The molecule has 1 aromatic rings. The number of carbonyl (C=O) groups is 2. The molecule has 1 N–H and O–H groups in total. The lowest BCUT2D eigenvalue weighted by molar-refractivity contribution is -0.385. The highest BCUT2D eigenvalue weighted by molar-refractivity contribution is 7.99. The molecule has 2 aliphatic rings. The Kier molecular flexibility index (Phi) is 4.01. The van der Waals surface area contributed by atoms with Crippen LogP contribution >= 0.6 is 11.8 Å². The van der Waals surface area contributed by atoms with Crippen molar-refractivity contribution in [1.82, 2.24) is 10.2 Å². The number of nitrogens with zero attached hydrogens (tertiary/aromatic N) is 2. The van der Waals surface area contributed by atoms with Gasteiger partial charge in [0, 0.05) is 11.6 Å². The number of benzene rings is 1. The van der Waals surface area contributed by atoms with E-state index in [1.165, 1.54) is 11.0 Å². The average molecular weight is 335 g/mol. The minimum absolute atomic E-state index is 0.00154. The third-order valence-electron chi connectivity index (χ3n) is 4.53. The number of urea groups is 1. The topological polar surface area (TPSA) is 92.6 Å². The summed E-state index contributed by atoms with van der Waals surface area (Å²) < 4.78 is 0. The summed E-state index contributed by atoms with van der Waals surface area (Å²) >= 11 is 1.77. The monoisotopic (exact) mass is 335 g/mol. The number of nitro benzene ring substituents is 1. The summed E-state index contributed by atoms with van der Waals surface area (Å²) in [6.45, 7) is 1.70. The maximum absolute atomic E-state index is 12.7. The molecule has 0 bridgehead atoms. The zero-order valence-corrected chi connectivity index (χ0v) is 13.5. The van der Waals surface area contributed by atoms with Gasteiger partial charge in [-0.15, -0.1) is 0 Å². The average Bonchev–Trinajstić information content (AvgIpc) is 2.74. The van der Waals surface area contributed by atoms with Crippen LogP contribution in [-0.2, 0) is 11.3 Å². The first-order valence-electron chi connectivity index (χ1n) is 7.39. The van der Waals surface area contributed by atoms with Gasteiger partial charge in [-0.2, -0.15) is 11.8 Å². The standard InChI is InChI=1S/C15H17N3O4S/c1-10-11(3-2-4-12(10)18(21)22)9-17-13(19)15(16-14(17)20)5-7-23-8-6-15/h2-4H,5-9H2,1H3,(H,16,20). The van der Waals surface area contributed by atoms with Crippen LogP contribution in [0.1, 0.15) is 24.0 Å². The lowest BCUT2D eigenvalue weighted by atomic mass is 9.92.